The van der Waals surface area contributed by atoms with E-state index >= 15 is 0 Å². The van der Waals surface area contributed by atoms with Gasteiger partial charge < -0.3 is 14.6 Å². The Hall–Kier alpha value is -3.88. The predicted molar refractivity (Wildman–Crippen MR) is 119 cm³/mol. The largest absolute Gasteiger partial charge is 0.497 e. The molecule has 2 heterocycles. The highest BCUT2D eigenvalue weighted by Crippen LogP contribution is 2.24. The summed E-state index contributed by atoms with van der Waals surface area (Å²) in [6, 6.07) is 12.9. The van der Waals surface area contributed by atoms with Crippen molar-refractivity contribution in [2.24, 2.45) is 0 Å². The molecule has 0 aliphatic rings. The van der Waals surface area contributed by atoms with E-state index in [9.17, 15) is 9.59 Å². The summed E-state index contributed by atoms with van der Waals surface area (Å²) in [7, 11) is 1.60. The van der Waals surface area contributed by atoms with E-state index in [0.29, 0.717) is 29.3 Å². The molecule has 2 aromatic heterocycles. The molecule has 4 rings (SSSR count). The lowest BCUT2D eigenvalue weighted by molar-refractivity contribution is -0.121. The number of methoxy groups -OCH3 is 1. The molecule has 0 unspecified atom stereocenters. The first-order valence-corrected chi connectivity index (χ1v) is 10.3. The van der Waals surface area contributed by atoms with Crippen molar-refractivity contribution in [2.75, 3.05) is 7.11 Å². The fourth-order valence-corrected chi connectivity index (χ4v) is 3.63. The van der Waals surface area contributed by atoms with Gasteiger partial charge in [0.25, 0.3) is 0 Å². The van der Waals surface area contributed by atoms with E-state index in [1.54, 1.807) is 18.6 Å². The van der Waals surface area contributed by atoms with Crippen LogP contribution in [0.15, 0.2) is 51.8 Å². The van der Waals surface area contributed by atoms with Crippen molar-refractivity contribution in [2.45, 2.75) is 39.9 Å². The molecule has 166 valence electrons. The number of aryl methyl sites for hydroxylation is 1. The molecule has 0 aliphatic carbocycles. The summed E-state index contributed by atoms with van der Waals surface area (Å²) in [5, 5.41) is 6.83. The highest BCUT2D eigenvalue weighted by atomic mass is 16.5. The van der Waals surface area contributed by atoms with Gasteiger partial charge in [0, 0.05) is 25.1 Å². The van der Waals surface area contributed by atoms with Gasteiger partial charge in [0.15, 0.2) is 0 Å². The quantitative estimate of drug-likeness (QED) is 0.478. The number of carbonyl (C=O) groups is 1. The Balaban J connectivity index is 1.63. The van der Waals surface area contributed by atoms with Crippen LogP contribution in [0.25, 0.3) is 22.4 Å². The van der Waals surface area contributed by atoms with Gasteiger partial charge in [-0.05, 0) is 49.7 Å². The SMILES string of the molecule is COc1ccc(CNC(=O)Cn2c(=O)n(C(C)C)c3ccc(-c4noc(C)n4)cc32)cc1. The van der Waals surface area contributed by atoms with Gasteiger partial charge in [0.2, 0.25) is 17.6 Å². The number of benzene rings is 2. The Bertz CT molecular complexity index is 1310. The van der Waals surface area contributed by atoms with Gasteiger partial charge in [-0.1, -0.05) is 17.3 Å². The summed E-state index contributed by atoms with van der Waals surface area (Å²) in [5.41, 5.74) is 2.80. The van der Waals surface area contributed by atoms with Crippen LogP contribution in [0.4, 0.5) is 0 Å². The van der Waals surface area contributed by atoms with Gasteiger partial charge in [0.05, 0.1) is 18.1 Å². The first-order chi connectivity index (χ1) is 15.4. The third-order valence-corrected chi connectivity index (χ3v) is 5.22. The molecule has 0 spiro atoms. The second kappa shape index (κ2) is 8.70. The Labute approximate surface area is 184 Å². The smallest absolute Gasteiger partial charge is 0.329 e. The van der Waals surface area contributed by atoms with Crippen molar-refractivity contribution in [1.29, 1.82) is 0 Å². The number of hydrogen-bond acceptors (Lipinski definition) is 6. The molecule has 0 atom stereocenters. The van der Waals surface area contributed by atoms with Crippen molar-refractivity contribution in [3.05, 3.63) is 64.4 Å². The lowest BCUT2D eigenvalue weighted by Gasteiger charge is -2.08. The van der Waals surface area contributed by atoms with E-state index in [2.05, 4.69) is 15.5 Å². The van der Waals surface area contributed by atoms with Crippen LogP contribution in [0.2, 0.25) is 0 Å². The molecule has 9 nitrogen and oxygen atoms in total. The van der Waals surface area contributed by atoms with E-state index in [1.165, 1.54) is 4.57 Å². The molecule has 4 aromatic rings. The molecule has 32 heavy (non-hydrogen) atoms. The van der Waals surface area contributed by atoms with Crippen molar-refractivity contribution >= 4 is 16.9 Å². The Morgan fingerprint density at radius 2 is 1.91 bits per heavy atom. The fourth-order valence-electron chi connectivity index (χ4n) is 3.63. The number of fused-ring (bicyclic) bond motifs is 1. The van der Waals surface area contributed by atoms with Gasteiger partial charge in [-0.25, -0.2) is 4.79 Å². The summed E-state index contributed by atoms with van der Waals surface area (Å²) in [6.07, 6.45) is 0. The number of carbonyl (C=O) groups excluding carboxylic acids is 1. The average Bonchev–Trinajstić information content (AvgIpc) is 3.33. The minimum absolute atomic E-state index is 0.0631. The highest BCUT2D eigenvalue weighted by molar-refractivity contribution is 5.84. The molecular formula is C23H25N5O4. The molecular weight excluding hydrogens is 410 g/mol. The number of nitrogens with zero attached hydrogens (tertiary/aromatic N) is 4. The number of ether oxygens (including phenoxy) is 1. The number of imidazole rings is 1. The number of nitrogens with one attached hydrogen (secondary N) is 1. The summed E-state index contributed by atoms with van der Waals surface area (Å²) in [5.74, 6) is 1.38. The third-order valence-electron chi connectivity index (χ3n) is 5.22. The summed E-state index contributed by atoms with van der Waals surface area (Å²) in [6.45, 7) is 5.85. The number of amides is 1. The normalized spacial score (nSPS) is 11.3. The summed E-state index contributed by atoms with van der Waals surface area (Å²) in [4.78, 5) is 30.1. The lowest BCUT2D eigenvalue weighted by Crippen LogP contribution is -2.33. The van der Waals surface area contributed by atoms with Crippen molar-refractivity contribution in [3.63, 3.8) is 0 Å². The lowest BCUT2D eigenvalue weighted by atomic mass is 10.2. The van der Waals surface area contributed by atoms with Gasteiger partial charge >= 0.3 is 5.69 Å². The number of rotatable bonds is 7. The molecule has 0 saturated heterocycles. The van der Waals surface area contributed by atoms with Crippen LogP contribution >= 0.6 is 0 Å². The van der Waals surface area contributed by atoms with Crippen molar-refractivity contribution in [1.82, 2.24) is 24.6 Å². The maximum absolute atomic E-state index is 13.1. The molecule has 0 saturated carbocycles. The number of aromatic nitrogens is 4. The fraction of sp³-hybridized carbons (Fsp3) is 0.304. The van der Waals surface area contributed by atoms with Crippen LogP contribution < -0.4 is 15.7 Å². The summed E-state index contributed by atoms with van der Waals surface area (Å²) < 4.78 is 13.4. The molecule has 0 fully saturated rings. The number of hydrogen-bond donors (Lipinski definition) is 1. The maximum Gasteiger partial charge on any atom is 0.329 e. The van der Waals surface area contributed by atoms with Crippen molar-refractivity contribution < 1.29 is 14.1 Å². The molecule has 0 radical (unpaired) electrons. The minimum Gasteiger partial charge on any atom is -0.497 e. The molecule has 9 heteroatoms. The van der Waals surface area contributed by atoms with Crippen LogP contribution in [0.3, 0.4) is 0 Å². The van der Waals surface area contributed by atoms with Gasteiger partial charge in [-0.15, -0.1) is 0 Å². The van der Waals surface area contributed by atoms with Crippen LogP contribution in [-0.4, -0.2) is 32.3 Å². The van der Waals surface area contributed by atoms with Crippen LogP contribution in [0.5, 0.6) is 5.75 Å². The zero-order chi connectivity index (χ0) is 22.8. The molecule has 2 aromatic carbocycles. The standard InChI is InChI=1S/C23H25N5O4/c1-14(2)28-19-10-7-17(22-25-15(3)32-26-22)11-20(19)27(23(28)30)13-21(29)24-12-16-5-8-18(31-4)9-6-16/h5-11,14H,12-13H2,1-4H3,(H,24,29). The Morgan fingerprint density at radius 1 is 1.16 bits per heavy atom. The second-order valence-corrected chi connectivity index (χ2v) is 7.80. The zero-order valence-corrected chi connectivity index (χ0v) is 18.5. The van der Waals surface area contributed by atoms with Crippen molar-refractivity contribution in [3.8, 4) is 17.1 Å². The van der Waals surface area contributed by atoms with E-state index < -0.39 is 0 Å². The van der Waals surface area contributed by atoms with Gasteiger partial charge in [0.1, 0.15) is 12.3 Å². The first-order valence-electron chi connectivity index (χ1n) is 10.3. The Kier molecular flexibility index (Phi) is 5.81. The predicted octanol–water partition coefficient (Wildman–Crippen LogP) is 3.07. The summed E-state index contributed by atoms with van der Waals surface area (Å²) >= 11 is 0. The average molecular weight is 435 g/mol. The van der Waals surface area contributed by atoms with Gasteiger partial charge in [-0.3, -0.25) is 13.9 Å². The molecule has 1 amide bonds. The zero-order valence-electron chi connectivity index (χ0n) is 18.5. The third kappa shape index (κ3) is 4.14. The monoisotopic (exact) mass is 435 g/mol. The maximum atomic E-state index is 13.1. The molecule has 1 N–H and O–H groups in total. The first kappa shape index (κ1) is 21.4. The van der Waals surface area contributed by atoms with E-state index in [-0.39, 0.29) is 24.2 Å². The Morgan fingerprint density at radius 3 is 2.53 bits per heavy atom. The minimum atomic E-state index is -0.258. The second-order valence-electron chi connectivity index (χ2n) is 7.80. The van der Waals surface area contributed by atoms with Crippen LogP contribution in [-0.2, 0) is 17.9 Å². The van der Waals surface area contributed by atoms with E-state index in [1.807, 2.05) is 56.3 Å². The van der Waals surface area contributed by atoms with Gasteiger partial charge in [-0.2, -0.15) is 4.98 Å². The van der Waals surface area contributed by atoms with E-state index in [4.69, 9.17) is 9.26 Å². The van der Waals surface area contributed by atoms with Crippen LogP contribution in [0, 0.1) is 6.92 Å². The van der Waals surface area contributed by atoms with E-state index in [0.717, 1.165) is 16.8 Å². The molecule has 0 bridgehead atoms. The van der Waals surface area contributed by atoms with Crippen LogP contribution in [0.1, 0.15) is 31.3 Å². The topological polar surface area (TPSA) is 104 Å². The molecule has 0 aliphatic heterocycles. The highest BCUT2D eigenvalue weighted by Gasteiger charge is 2.19.